The van der Waals surface area contributed by atoms with Gasteiger partial charge in [0.1, 0.15) is 5.75 Å². The lowest BCUT2D eigenvalue weighted by molar-refractivity contribution is -0.140. The Bertz CT molecular complexity index is 492. The third-order valence-electron chi connectivity index (χ3n) is 4.83. The van der Waals surface area contributed by atoms with Crippen molar-refractivity contribution in [1.29, 1.82) is 0 Å². The SMILES string of the molecule is O=C(C1Cc2ccccc2O1)N1C2CCNCC1CC2. The van der Waals surface area contributed by atoms with Crippen LogP contribution in [0.15, 0.2) is 24.3 Å². The second kappa shape index (κ2) is 4.77. The lowest BCUT2D eigenvalue weighted by Crippen LogP contribution is -2.48. The van der Waals surface area contributed by atoms with Gasteiger partial charge in [-0.15, -0.1) is 0 Å². The van der Waals surface area contributed by atoms with E-state index in [1.807, 2.05) is 18.2 Å². The second-order valence-electron chi connectivity index (χ2n) is 6.04. The summed E-state index contributed by atoms with van der Waals surface area (Å²) in [6, 6.07) is 8.76. The highest BCUT2D eigenvalue weighted by atomic mass is 16.5. The van der Waals surface area contributed by atoms with E-state index in [1.165, 1.54) is 0 Å². The van der Waals surface area contributed by atoms with E-state index in [0.717, 1.165) is 50.1 Å². The van der Waals surface area contributed by atoms with Gasteiger partial charge in [-0.3, -0.25) is 4.79 Å². The van der Waals surface area contributed by atoms with Crippen molar-refractivity contribution in [3.63, 3.8) is 0 Å². The average molecular weight is 272 g/mol. The van der Waals surface area contributed by atoms with Gasteiger partial charge >= 0.3 is 0 Å². The van der Waals surface area contributed by atoms with Crippen LogP contribution in [0.5, 0.6) is 5.75 Å². The molecule has 0 aliphatic carbocycles. The maximum Gasteiger partial charge on any atom is 0.264 e. The number of nitrogens with zero attached hydrogens (tertiary/aromatic N) is 1. The highest BCUT2D eigenvalue weighted by molar-refractivity contribution is 5.83. The molecule has 106 valence electrons. The third-order valence-corrected chi connectivity index (χ3v) is 4.83. The molecule has 4 heteroatoms. The summed E-state index contributed by atoms with van der Waals surface area (Å²) in [5, 5.41) is 3.44. The van der Waals surface area contributed by atoms with Crippen LogP contribution in [-0.2, 0) is 11.2 Å². The van der Waals surface area contributed by atoms with Gasteiger partial charge in [0.25, 0.3) is 5.91 Å². The van der Waals surface area contributed by atoms with Gasteiger partial charge in [-0.2, -0.15) is 0 Å². The van der Waals surface area contributed by atoms with E-state index in [4.69, 9.17) is 4.74 Å². The number of carbonyl (C=O) groups excluding carboxylic acids is 1. The van der Waals surface area contributed by atoms with E-state index in [0.29, 0.717) is 12.1 Å². The summed E-state index contributed by atoms with van der Waals surface area (Å²) in [5.41, 5.74) is 1.16. The van der Waals surface area contributed by atoms with Gasteiger partial charge in [0.2, 0.25) is 0 Å². The topological polar surface area (TPSA) is 41.6 Å². The maximum absolute atomic E-state index is 12.9. The van der Waals surface area contributed by atoms with Crippen LogP contribution < -0.4 is 10.1 Å². The van der Waals surface area contributed by atoms with Crippen LogP contribution in [0.2, 0.25) is 0 Å². The Morgan fingerprint density at radius 1 is 1.20 bits per heavy atom. The lowest BCUT2D eigenvalue weighted by atomic mass is 10.1. The highest BCUT2D eigenvalue weighted by Gasteiger charge is 2.42. The number of para-hydroxylation sites is 1. The maximum atomic E-state index is 12.9. The summed E-state index contributed by atoms with van der Waals surface area (Å²) in [6.07, 6.45) is 3.76. The van der Waals surface area contributed by atoms with E-state index < -0.39 is 0 Å². The number of ether oxygens (including phenoxy) is 1. The molecule has 0 radical (unpaired) electrons. The molecule has 3 aliphatic rings. The fourth-order valence-electron chi connectivity index (χ4n) is 3.83. The lowest BCUT2D eigenvalue weighted by Gasteiger charge is -2.30. The van der Waals surface area contributed by atoms with Gasteiger partial charge in [0.05, 0.1) is 0 Å². The molecule has 3 heterocycles. The number of benzene rings is 1. The van der Waals surface area contributed by atoms with Crippen LogP contribution in [-0.4, -0.2) is 42.1 Å². The van der Waals surface area contributed by atoms with Gasteiger partial charge in [-0.1, -0.05) is 18.2 Å². The zero-order chi connectivity index (χ0) is 13.5. The van der Waals surface area contributed by atoms with Gasteiger partial charge in [0.15, 0.2) is 6.10 Å². The summed E-state index contributed by atoms with van der Waals surface area (Å²) in [6.45, 7) is 1.96. The number of rotatable bonds is 1. The van der Waals surface area contributed by atoms with Crippen molar-refractivity contribution in [3.05, 3.63) is 29.8 Å². The van der Waals surface area contributed by atoms with E-state index in [9.17, 15) is 4.79 Å². The molecule has 1 amide bonds. The average Bonchev–Trinajstić information content (AvgIpc) is 2.98. The van der Waals surface area contributed by atoms with Gasteiger partial charge in [0, 0.05) is 25.0 Å². The molecule has 1 N–H and O–H groups in total. The van der Waals surface area contributed by atoms with E-state index in [1.54, 1.807) is 0 Å². The van der Waals surface area contributed by atoms with Crippen molar-refractivity contribution >= 4 is 5.91 Å². The molecule has 1 aromatic rings. The van der Waals surface area contributed by atoms with Gasteiger partial charge in [-0.25, -0.2) is 0 Å². The van der Waals surface area contributed by atoms with Gasteiger partial charge in [-0.05, 0) is 37.4 Å². The molecular formula is C16H20N2O2. The Hall–Kier alpha value is -1.55. The molecule has 2 fully saturated rings. The summed E-state index contributed by atoms with van der Waals surface area (Å²) in [7, 11) is 0. The normalized spacial score (nSPS) is 31.6. The van der Waals surface area contributed by atoms with Crippen LogP contribution in [0, 0.1) is 0 Å². The molecule has 2 bridgehead atoms. The predicted octanol–water partition coefficient (Wildman–Crippen LogP) is 1.34. The summed E-state index contributed by atoms with van der Waals surface area (Å²) >= 11 is 0. The first kappa shape index (κ1) is 12.2. The van der Waals surface area contributed by atoms with Crippen LogP contribution in [0.3, 0.4) is 0 Å². The minimum absolute atomic E-state index is 0.192. The van der Waals surface area contributed by atoms with Crippen LogP contribution in [0.1, 0.15) is 24.8 Å². The highest BCUT2D eigenvalue weighted by Crippen LogP contribution is 2.33. The van der Waals surface area contributed by atoms with Crippen LogP contribution >= 0.6 is 0 Å². The summed E-state index contributed by atoms with van der Waals surface area (Å²) in [5.74, 6) is 1.07. The van der Waals surface area contributed by atoms with Crippen molar-refractivity contribution < 1.29 is 9.53 Å². The van der Waals surface area contributed by atoms with E-state index in [2.05, 4.69) is 16.3 Å². The molecular weight excluding hydrogens is 252 g/mol. The molecule has 0 saturated carbocycles. The number of fused-ring (bicyclic) bond motifs is 3. The van der Waals surface area contributed by atoms with E-state index in [-0.39, 0.29) is 12.0 Å². The molecule has 3 atom stereocenters. The number of hydrogen-bond donors (Lipinski definition) is 1. The fraction of sp³-hybridized carbons (Fsp3) is 0.562. The number of amides is 1. The van der Waals surface area contributed by atoms with Crippen molar-refractivity contribution in [3.8, 4) is 5.75 Å². The molecule has 0 aromatic heterocycles. The van der Waals surface area contributed by atoms with Crippen molar-refractivity contribution in [2.75, 3.05) is 13.1 Å². The van der Waals surface area contributed by atoms with Crippen LogP contribution in [0.25, 0.3) is 0 Å². The quantitative estimate of drug-likeness (QED) is 0.839. The molecule has 1 aromatic carbocycles. The van der Waals surface area contributed by atoms with Gasteiger partial charge < -0.3 is 15.0 Å². The molecule has 2 saturated heterocycles. The molecule has 3 aliphatic heterocycles. The number of nitrogens with one attached hydrogen (secondary N) is 1. The zero-order valence-electron chi connectivity index (χ0n) is 11.5. The Balaban J connectivity index is 1.54. The zero-order valence-corrected chi connectivity index (χ0v) is 11.5. The van der Waals surface area contributed by atoms with Crippen molar-refractivity contribution in [1.82, 2.24) is 10.2 Å². The Kier molecular flexibility index (Phi) is 2.91. The van der Waals surface area contributed by atoms with Crippen molar-refractivity contribution in [2.24, 2.45) is 0 Å². The molecule has 0 spiro atoms. The van der Waals surface area contributed by atoms with Crippen molar-refractivity contribution in [2.45, 2.75) is 43.9 Å². The fourth-order valence-corrected chi connectivity index (χ4v) is 3.83. The Labute approximate surface area is 119 Å². The summed E-state index contributed by atoms with van der Waals surface area (Å²) in [4.78, 5) is 15.0. The number of carbonyl (C=O) groups is 1. The Morgan fingerprint density at radius 3 is 2.95 bits per heavy atom. The Morgan fingerprint density at radius 2 is 2.05 bits per heavy atom. The minimum atomic E-state index is -0.311. The first-order chi connectivity index (χ1) is 9.83. The molecule has 3 unspecified atom stereocenters. The second-order valence-corrected chi connectivity index (χ2v) is 6.04. The minimum Gasteiger partial charge on any atom is -0.480 e. The third kappa shape index (κ3) is 1.90. The first-order valence-electron chi connectivity index (χ1n) is 7.60. The molecule has 4 rings (SSSR count). The van der Waals surface area contributed by atoms with Crippen LogP contribution in [0.4, 0.5) is 0 Å². The standard InChI is InChI=1S/C16H20N2O2/c19-16(15-9-11-3-1-2-4-14(11)20-15)18-12-5-6-13(18)10-17-8-7-12/h1-4,12-13,15,17H,5-10H2. The largest absolute Gasteiger partial charge is 0.480 e. The predicted molar refractivity (Wildman–Crippen MR) is 75.7 cm³/mol. The summed E-state index contributed by atoms with van der Waals surface area (Å²) < 4.78 is 5.88. The smallest absolute Gasteiger partial charge is 0.264 e. The van der Waals surface area contributed by atoms with E-state index >= 15 is 0 Å². The monoisotopic (exact) mass is 272 g/mol. The molecule has 20 heavy (non-hydrogen) atoms. The first-order valence-corrected chi connectivity index (χ1v) is 7.60. The number of hydrogen-bond acceptors (Lipinski definition) is 3. The molecule has 4 nitrogen and oxygen atoms in total.